The van der Waals surface area contributed by atoms with E-state index in [0.717, 1.165) is 31.4 Å². The predicted molar refractivity (Wildman–Crippen MR) is 90.4 cm³/mol. The van der Waals surface area contributed by atoms with Crippen molar-refractivity contribution in [2.75, 3.05) is 10.6 Å². The lowest BCUT2D eigenvalue weighted by atomic mass is 10.1. The first-order valence-corrected chi connectivity index (χ1v) is 7.64. The van der Waals surface area contributed by atoms with Gasteiger partial charge in [-0.3, -0.25) is 0 Å². The molecule has 0 spiro atoms. The zero-order valence-electron chi connectivity index (χ0n) is 11.1. The Kier molecular flexibility index (Phi) is 4.83. The molecule has 0 aliphatic heterocycles. The fourth-order valence-corrected chi connectivity index (χ4v) is 2.87. The highest BCUT2D eigenvalue weighted by atomic mass is 79.9. The van der Waals surface area contributed by atoms with E-state index in [1.165, 1.54) is 0 Å². The number of hydrogen-bond donors (Lipinski definition) is 2. The number of hydrogen-bond acceptors (Lipinski definition) is 1. The second-order valence-corrected chi connectivity index (χ2v) is 6.33. The molecule has 0 aliphatic carbocycles. The Morgan fingerprint density at radius 2 is 1.45 bits per heavy atom. The second-order valence-electron chi connectivity index (χ2n) is 4.50. The van der Waals surface area contributed by atoms with E-state index in [1.54, 1.807) is 0 Å². The standard InChI is InChI=1S/C15H14Br2N2O/c1-9-7-12(17)8-10(2)14(9)19-15(20)18-13-5-3-11(16)4-6-13/h3-8H,1-2H3,(H2,18,19,20). The Balaban J connectivity index is 2.10. The summed E-state index contributed by atoms with van der Waals surface area (Å²) in [6, 6.07) is 11.1. The molecule has 2 N–H and O–H groups in total. The van der Waals surface area contributed by atoms with E-state index in [0.29, 0.717) is 0 Å². The smallest absolute Gasteiger partial charge is 0.308 e. The minimum Gasteiger partial charge on any atom is -0.308 e. The molecule has 5 heteroatoms. The van der Waals surface area contributed by atoms with Crippen molar-refractivity contribution in [3.8, 4) is 0 Å². The molecule has 2 rings (SSSR count). The molecule has 0 bridgehead atoms. The van der Waals surface area contributed by atoms with Crippen molar-refractivity contribution in [2.45, 2.75) is 13.8 Å². The zero-order valence-corrected chi connectivity index (χ0v) is 14.3. The van der Waals surface area contributed by atoms with Crippen LogP contribution in [0.2, 0.25) is 0 Å². The van der Waals surface area contributed by atoms with Crippen LogP contribution >= 0.6 is 31.9 Å². The maximum Gasteiger partial charge on any atom is 0.323 e. The van der Waals surface area contributed by atoms with Gasteiger partial charge in [0.2, 0.25) is 0 Å². The van der Waals surface area contributed by atoms with Gasteiger partial charge in [0, 0.05) is 20.3 Å². The molecule has 0 unspecified atom stereocenters. The minimum atomic E-state index is -0.249. The summed E-state index contributed by atoms with van der Waals surface area (Å²) < 4.78 is 1.98. The average Bonchev–Trinajstić information content (AvgIpc) is 2.36. The molecule has 2 aromatic carbocycles. The molecule has 0 heterocycles. The molecule has 0 aromatic heterocycles. The number of rotatable bonds is 2. The normalized spacial score (nSPS) is 10.2. The van der Waals surface area contributed by atoms with Gasteiger partial charge in [-0.25, -0.2) is 4.79 Å². The van der Waals surface area contributed by atoms with Gasteiger partial charge in [0.1, 0.15) is 0 Å². The Morgan fingerprint density at radius 3 is 2.00 bits per heavy atom. The van der Waals surface area contributed by atoms with Gasteiger partial charge in [0.15, 0.2) is 0 Å². The van der Waals surface area contributed by atoms with Crippen LogP contribution in [-0.2, 0) is 0 Å². The summed E-state index contributed by atoms with van der Waals surface area (Å²) in [4.78, 5) is 12.0. The van der Waals surface area contributed by atoms with Crippen LogP contribution in [0.3, 0.4) is 0 Å². The van der Waals surface area contributed by atoms with Gasteiger partial charge >= 0.3 is 6.03 Å². The molecule has 20 heavy (non-hydrogen) atoms. The molecule has 0 saturated carbocycles. The van der Waals surface area contributed by atoms with E-state index in [1.807, 2.05) is 50.2 Å². The third-order valence-corrected chi connectivity index (χ3v) is 3.82. The summed E-state index contributed by atoms with van der Waals surface area (Å²) >= 11 is 6.80. The highest BCUT2D eigenvalue weighted by molar-refractivity contribution is 9.10. The van der Waals surface area contributed by atoms with E-state index in [4.69, 9.17) is 0 Å². The summed E-state index contributed by atoms with van der Waals surface area (Å²) in [6.07, 6.45) is 0. The Hall–Kier alpha value is -1.33. The maximum absolute atomic E-state index is 12.0. The van der Waals surface area contributed by atoms with Crippen molar-refractivity contribution in [3.05, 3.63) is 56.5 Å². The Morgan fingerprint density at radius 1 is 0.900 bits per heavy atom. The molecule has 2 amide bonds. The number of halogens is 2. The van der Waals surface area contributed by atoms with Crippen molar-refractivity contribution >= 4 is 49.3 Å². The maximum atomic E-state index is 12.0. The lowest BCUT2D eigenvalue weighted by molar-refractivity contribution is 0.262. The Bertz CT molecular complexity index is 616. The van der Waals surface area contributed by atoms with Gasteiger partial charge in [0.25, 0.3) is 0 Å². The number of carbonyl (C=O) groups excluding carboxylic acids is 1. The summed E-state index contributed by atoms with van der Waals surface area (Å²) in [5.74, 6) is 0. The summed E-state index contributed by atoms with van der Waals surface area (Å²) in [5, 5.41) is 5.69. The number of anilines is 2. The highest BCUT2D eigenvalue weighted by Gasteiger charge is 2.08. The van der Waals surface area contributed by atoms with E-state index in [2.05, 4.69) is 42.5 Å². The lowest BCUT2D eigenvalue weighted by Gasteiger charge is -2.13. The molecular formula is C15H14Br2N2O. The summed E-state index contributed by atoms with van der Waals surface area (Å²) in [6.45, 7) is 3.93. The third-order valence-electron chi connectivity index (χ3n) is 2.84. The zero-order chi connectivity index (χ0) is 14.7. The van der Waals surface area contributed by atoms with E-state index < -0.39 is 0 Å². The molecule has 0 aliphatic rings. The molecule has 0 saturated heterocycles. The third kappa shape index (κ3) is 3.84. The lowest BCUT2D eigenvalue weighted by Crippen LogP contribution is -2.20. The van der Waals surface area contributed by atoms with Crippen molar-refractivity contribution in [1.29, 1.82) is 0 Å². The van der Waals surface area contributed by atoms with E-state index >= 15 is 0 Å². The van der Waals surface area contributed by atoms with Crippen LogP contribution in [0.4, 0.5) is 16.2 Å². The first-order valence-electron chi connectivity index (χ1n) is 6.06. The quantitative estimate of drug-likeness (QED) is 0.692. The molecule has 104 valence electrons. The van der Waals surface area contributed by atoms with Crippen molar-refractivity contribution < 1.29 is 4.79 Å². The first-order chi connectivity index (χ1) is 9.45. The van der Waals surface area contributed by atoms with Crippen LogP contribution in [0.15, 0.2) is 45.3 Å². The van der Waals surface area contributed by atoms with E-state index in [9.17, 15) is 4.79 Å². The molecular weight excluding hydrogens is 384 g/mol. The fourth-order valence-electron chi connectivity index (χ4n) is 1.92. The number of aryl methyl sites for hydroxylation is 2. The predicted octanol–water partition coefficient (Wildman–Crippen LogP) is 5.47. The van der Waals surface area contributed by atoms with Crippen molar-refractivity contribution in [3.63, 3.8) is 0 Å². The van der Waals surface area contributed by atoms with Crippen LogP contribution < -0.4 is 10.6 Å². The monoisotopic (exact) mass is 396 g/mol. The largest absolute Gasteiger partial charge is 0.323 e. The van der Waals surface area contributed by atoms with Crippen molar-refractivity contribution in [1.82, 2.24) is 0 Å². The van der Waals surface area contributed by atoms with Crippen LogP contribution in [0.25, 0.3) is 0 Å². The second kappa shape index (κ2) is 6.41. The summed E-state index contributed by atoms with van der Waals surface area (Å²) in [5.41, 5.74) is 3.62. The minimum absolute atomic E-state index is 0.249. The molecule has 0 atom stereocenters. The highest BCUT2D eigenvalue weighted by Crippen LogP contribution is 2.25. The van der Waals surface area contributed by atoms with Gasteiger partial charge in [-0.15, -0.1) is 0 Å². The van der Waals surface area contributed by atoms with Crippen LogP contribution in [-0.4, -0.2) is 6.03 Å². The van der Waals surface area contributed by atoms with Gasteiger partial charge in [-0.2, -0.15) is 0 Å². The van der Waals surface area contributed by atoms with Gasteiger partial charge in [-0.05, 0) is 61.4 Å². The molecule has 3 nitrogen and oxygen atoms in total. The molecule has 2 aromatic rings. The van der Waals surface area contributed by atoms with Gasteiger partial charge in [-0.1, -0.05) is 31.9 Å². The van der Waals surface area contributed by atoms with Crippen molar-refractivity contribution in [2.24, 2.45) is 0 Å². The van der Waals surface area contributed by atoms with Crippen LogP contribution in [0.5, 0.6) is 0 Å². The number of urea groups is 1. The van der Waals surface area contributed by atoms with Gasteiger partial charge in [0.05, 0.1) is 0 Å². The number of carbonyl (C=O) groups is 1. The van der Waals surface area contributed by atoms with E-state index in [-0.39, 0.29) is 6.03 Å². The SMILES string of the molecule is Cc1cc(Br)cc(C)c1NC(=O)Nc1ccc(Br)cc1. The topological polar surface area (TPSA) is 41.1 Å². The molecule has 0 radical (unpaired) electrons. The van der Waals surface area contributed by atoms with Gasteiger partial charge < -0.3 is 10.6 Å². The molecule has 0 fully saturated rings. The average molecular weight is 398 g/mol. The Labute approximate surface area is 135 Å². The number of nitrogens with one attached hydrogen (secondary N) is 2. The fraction of sp³-hybridized carbons (Fsp3) is 0.133. The number of amides is 2. The number of benzene rings is 2. The summed E-state index contributed by atoms with van der Waals surface area (Å²) in [7, 11) is 0. The first kappa shape index (κ1) is 15.1. The van der Waals surface area contributed by atoms with Crippen LogP contribution in [0, 0.1) is 13.8 Å². The van der Waals surface area contributed by atoms with Crippen LogP contribution in [0.1, 0.15) is 11.1 Å².